The van der Waals surface area contributed by atoms with Crippen LogP contribution in [0.2, 0.25) is 0 Å². The standard InChI is InChI=1S/C10H10BrNS/c11-6-2-4-8-3-1-5-9(7-8)10(12)13/h1-5,7H,6H2,(H2,12,13). The molecule has 0 radical (unpaired) electrons. The van der Waals surface area contributed by atoms with Gasteiger partial charge < -0.3 is 5.73 Å². The lowest BCUT2D eigenvalue weighted by Crippen LogP contribution is -2.08. The molecule has 0 unspecified atom stereocenters. The first-order chi connectivity index (χ1) is 6.24. The van der Waals surface area contributed by atoms with Crippen LogP contribution in [-0.2, 0) is 0 Å². The molecule has 0 aliphatic heterocycles. The van der Waals surface area contributed by atoms with Gasteiger partial charge in [-0.1, -0.05) is 58.5 Å². The Morgan fingerprint density at radius 3 is 2.92 bits per heavy atom. The maximum absolute atomic E-state index is 5.51. The Bertz CT molecular complexity index is 333. The zero-order valence-corrected chi connectivity index (χ0v) is 9.44. The number of hydrogen-bond acceptors (Lipinski definition) is 1. The van der Waals surface area contributed by atoms with Gasteiger partial charge in [-0.15, -0.1) is 0 Å². The molecule has 0 aliphatic rings. The Morgan fingerprint density at radius 1 is 1.54 bits per heavy atom. The van der Waals surface area contributed by atoms with Crippen LogP contribution in [0.5, 0.6) is 0 Å². The van der Waals surface area contributed by atoms with Crippen LogP contribution in [0, 0.1) is 0 Å². The molecule has 13 heavy (non-hydrogen) atoms. The Kier molecular flexibility index (Phi) is 4.12. The third-order valence-corrected chi connectivity index (χ3v) is 2.18. The molecule has 0 saturated heterocycles. The first-order valence-corrected chi connectivity index (χ1v) is 5.39. The molecule has 0 aromatic heterocycles. The molecule has 1 rings (SSSR count). The van der Waals surface area contributed by atoms with Crippen LogP contribution in [0.3, 0.4) is 0 Å². The number of nitrogens with two attached hydrogens (primary N) is 1. The molecule has 0 heterocycles. The fourth-order valence-electron chi connectivity index (χ4n) is 0.976. The number of allylic oxidation sites excluding steroid dienone is 1. The van der Waals surface area contributed by atoms with Gasteiger partial charge in [-0.2, -0.15) is 0 Å². The largest absolute Gasteiger partial charge is 0.389 e. The van der Waals surface area contributed by atoms with E-state index >= 15 is 0 Å². The molecule has 68 valence electrons. The Balaban J connectivity index is 2.92. The third kappa shape index (κ3) is 3.28. The predicted octanol–water partition coefficient (Wildman–Crippen LogP) is 2.73. The number of alkyl halides is 1. The summed E-state index contributed by atoms with van der Waals surface area (Å²) in [4.78, 5) is 0.439. The van der Waals surface area contributed by atoms with Gasteiger partial charge >= 0.3 is 0 Å². The molecule has 0 spiro atoms. The normalized spacial score (nSPS) is 10.5. The first kappa shape index (κ1) is 10.4. The van der Waals surface area contributed by atoms with Crippen molar-refractivity contribution in [3.63, 3.8) is 0 Å². The minimum absolute atomic E-state index is 0.439. The van der Waals surface area contributed by atoms with E-state index in [4.69, 9.17) is 18.0 Å². The van der Waals surface area contributed by atoms with Gasteiger partial charge in [0.15, 0.2) is 0 Å². The zero-order valence-electron chi connectivity index (χ0n) is 7.03. The summed E-state index contributed by atoms with van der Waals surface area (Å²) >= 11 is 8.20. The SMILES string of the molecule is NC(=S)c1cccc(C=CCBr)c1. The van der Waals surface area contributed by atoms with Gasteiger partial charge in [-0.05, 0) is 11.6 Å². The van der Waals surface area contributed by atoms with Crippen LogP contribution in [-0.4, -0.2) is 10.3 Å². The van der Waals surface area contributed by atoms with Crippen LogP contribution in [0.1, 0.15) is 11.1 Å². The van der Waals surface area contributed by atoms with E-state index in [2.05, 4.69) is 15.9 Å². The molecule has 1 aromatic carbocycles. The molecule has 1 aromatic rings. The number of hydrogen-bond donors (Lipinski definition) is 1. The van der Waals surface area contributed by atoms with Gasteiger partial charge in [-0.3, -0.25) is 0 Å². The lowest BCUT2D eigenvalue weighted by atomic mass is 10.1. The van der Waals surface area contributed by atoms with Crippen molar-refractivity contribution < 1.29 is 0 Å². The average Bonchev–Trinajstić information content (AvgIpc) is 2.15. The van der Waals surface area contributed by atoms with Crippen molar-refractivity contribution in [3.05, 3.63) is 41.5 Å². The molecular weight excluding hydrogens is 246 g/mol. The molecule has 0 aliphatic carbocycles. The molecule has 3 heteroatoms. The van der Waals surface area contributed by atoms with Crippen molar-refractivity contribution in [1.29, 1.82) is 0 Å². The van der Waals surface area contributed by atoms with Gasteiger partial charge in [0.2, 0.25) is 0 Å². The summed E-state index contributed by atoms with van der Waals surface area (Å²) in [5.74, 6) is 0. The quantitative estimate of drug-likeness (QED) is 0.664. The van der Waals surface area contributed by atoms with E-state index in [0.717, 1.165) is 16.5 Å². The lowest BCUT2D eigenvalue weighted by Gasteiger charge is -1.98. The highest BCUT2D eigenvalue weighted by Gasteiger charge is 1.94. The number of rotatable bonds is 3. The van der Waals surface area contributed by atoms with E-state index in [-0.39, 0.29) is 0 Å². The van der Waals surface area contributed by atoms with Gasteiger partial charge in [0.05, 0.1) is 0 Å². The fraction of sp³-hybridized carbons (Fsp3) is 0.100. The number of halogens is 1. The molecular formula is C10H10BrNS. The van der Waals surface area contributed by atoms with Crippen molar-refractivity contribution in [3.8, 4) is 0 Å². The van der Waals surface area contributed by atoms with Crippen LogP contribution >= 0.6 is 28.1 Å². The number of benzene rings is 1. The monoisotopic (exact) mass is 255 g/mol. The summed E-state index contributed by atoms with van der Waals surface area (Å²) < 4.78 is 0. The van der Waals surface area contributed by atoms with E-state index in [1.807, 2.05) is 36.4 Å². The molecule has 0 bridgehead atoms. The predicted molar refractivity (Wildman–Crippen MR) is 65.2 cm³/mol. The average molecular weight is 256 g/mol. The smallest absolute Gasteiger partial charge is 0.104 e. The van der Waals surface area contributed by atoms with Gasteiger partial charge in [-0.25, -0.2) is 0 Å². The minimum atomic E-state index is 0.439. The van der Waals surface area contributed by atoms with Crippen molar-refractivity contribution >= 4 is 39.2 Å². The lowest BCUT2D eigenvalue weighted by molar-refractivity contribution is 1.59. The summed E-state index contributed by atoms with van der Waals surface area (Å²) in [6.45, 7) is 0. The van der Waals surface area contributed by atoms with E-state index in [1.165, 1.54) is 0 Å². The minimum Gasteiger partial charge on any atom is -0.389 e. The molecule has 1 nitrogen and oxygen atoms in total. The Labute approximate surface area is 91.8 Å². The maximum Gasteiger partial charge on any atom is 0.104 e. The summed E-state index contributed by atoms with van der Waals surface area (Å²) in [6, 6.07) is 7.85. The fourth-order valence-corrected chi connectivity index (χ4v) is 1.29. The van der Waals surface area contributed by atoms with E-state index in [1.54, 1.807) is 0 Å². The van der Waals surface area contributed by atoms with Gasteiger partial charge in [0.1, 0.15) is 4.99 Å². The highest BCUT2D eigenvalue weighted by molar-refractivity contribution is 9.09. The summed E-state index contributed by atoms with van der Waals surface area (Å²) in [5, 5.41) is 0.851. The Hall–Kier alpha value is -0.670. The van der Waals surface area contributed by atoms with Crippen molar-refractivity contribution in [2.24, 2.45) is 5.73 Å². The highest BCUT2D eigenvalue weighted by Crippen LogP contribution is 2.07. The molecule has 0 fully saturated rings. The third-order valence-electron chi connectivity index (χ3n) is 1.57. The second-order valence-corrected chi connectivity index (χ2v) is 3.63. The highest BCUT2D eigenvalue weighted by atomic mass is 79.9. The first-order valence-electron chi connectivity index (χ1n) is 3.86. The second kappa shape index (κ2) is 5.14. The zero-order chi connectivity index (χ0) is 9.68. The van der Waals surface area contributed by atoms with Crippen molar-refractivity contribution in [1.82, 2.24) is 0 Å². The van der Waals surface area contributed by atoms with Crippen LogP contribution in [0.25, 0.3) is 6.08 Å². The Morgan fingerprint density at radius 2 is 2.31 bits per heavy atom. The van der Waals surface area contributed by atoms with Crippen molar-refractivity contribution in [2.75, 3.05) is 5.33 Å². The van der Waals surface area contributed by atoms with Crippen LogP contribution < -0.4 is 5.73 Å². The summed E-state index contributed by atoms with van der Waals surface area (Å²) in [7, 11) is 0. The second-order valence-electron chi connectivity index (χ2n) is 2.55. The van der Waals surface area contributed by atoms with Gasteiger partial charge in [0, 0.05) is 10.9 Å². The maximum atomic E-state index is 5.51. The molecule has 2 N–H and O–H groups in total. The van der Waals surface area contributed by atoms with E-state index in [9.17, 15) is 0 Å². The summed E-state index contributed by atoms with van der Waals surface area (Å²) in [5.41, 5.74) is 7.53. The van der Waals surface area contributed by atoms with Crippen LogP contribution in [0.4, 0.5) is 0 Å². The van der Waals surface area contributed by atoms with E-state index in [0.29, 0.717) is 4.99 Å². The van der Waals surface area contributed by atoms with Crippen molar-refractivity contribution in [2.45, 2.75) is 0 Å². The molecule has 0 saturated carbocycles. The van der Waals surface area contributed by atoms with Gasteiger partial charge in [0.25, 0.3) is 0 Å². The summed E-state index contributed by atoms with van der Waals surface area (Å²) in [6.07, 6.45) is 4.05. The topological polar surface area (TPSA) is 26.0 Å². The van der Waals surface area contributed by atoms with Crippen LogP contribution in [0.15, 0.2) is 30.3 Å². The number of thiocarbonyl (C=S) groups is 1. The molecule has 0 atom stereocenters. The van der Waals surface area contributed by atoms with E-state index < -0.39 is 0 Å². The molecule has 0 amide bonds.